The molecule has 2 rings (SSSR count). The summed E-state index contributed by atoms with van der Waals surface area (Å²) in [5.74, 6) is 0.322. The average Bonchev–Trinajstić information content (AvgIpc) is 3.27. The number of aromatic hydroxyl groups is 1. The zero-order valence-corrected chi connectivity index (χ0v) is 13.0. The summed E-state index contributed by atoms with van der Waals surface area (Å²) in [6.45, 7) is 10.2. The van der Waals surface area contributed by atoms with Gasteiger partial charge < -0.3 is 14.6 Å². The highest BCUT2D eigenvalue weighted by Crippen LogP contribution is 2.02. The molecule has 0 atom stereocenters. The van der Waals surface area contributed by atoms with Crippen molar-refractivity contribution in [3.63, 3.8) is 0 Å². The van der Waals surface area contributed by atoms with E-state index in [4.69, 9.17) is 27.4 Å². The van der Waals surface area contributed by atoms with E-state index in [-0.39, 0.29) is 0 Å². The molecule has 1 aromatic rings. The second-order valence-electron chi connectivity index (χ2n) is 3.51. The molecule has 3 N–H and O–H groups in total. The number of para-hydroxylation sites is 1. The Morgan fingerprint density at radius 2 is 1.45 bits per heavy atom. The number of rotatable bonds is 4. The van der Waals surface area contributed by atoms with Gasteiger partial charge in [-0.2, -0.15) is 8.42 Å². The third kappa shape index (κ3) is 42.9. The highest BCUT2D eigenvalue weighted by molar-refractivity contribution is 7.79. The maximum atomic E-state index is 8.74. The maximum Gasteiger partial charge on any atom is 0.394 e. The van der Waals surface area contributed by atoms with Gasteiger partial charge in [-0.25, -0.2) is 0 Å². The van der Waals surface area contributed by atoms with E-state index in [0.29, 0.717) is 19.0 Å². The molecule has 7 nitrogen and oxygen atoms in total. The monoisotopic (exact) mass is 334 g/mol. The number of benzene rings is 1. The minimum absolute atomic E-state index is 0.322. The third-order valence-corrected chi connectivity index (χ3v) is 1.43. The second kappa shape index (κ2) is 15.7. The lowest BCUT2D eigenvalue weighted by atomic mass is 10.3. The summed E-state index contributed by atoms with van der Waals surface area (Å²) in [7, 11) is -4.67. The van der Waals surface area contributed by atoms with Crippen molar-refractivity contribution in [3.8, 4) is 5.75 Å². The quantitative estimate of drug-likeness (QED) is 0.334. The van der Waals surface area contributed by atoms with E-state index in [1.807, 2.05) is 6.07 Å². The number of phenols is 1. The molecule has 0 spiro atoms. The van der Waals surface area contributed by atoms with Crippen molar-refractivity contribution in [1.82, 2.24) is 0 Å². The molecule has 1 saturated heterocycles. The Kier molecular flexibility index (Phi) is 16.1. The van der Waals surface area contributed by atoms with Gasteiger partial charge in [0, 0.05) is 0 Å². The first-order valence-electron chi connectivity index (χ1n) is 6.12. The van der Waals surface area contributed by atoms with Crippen molar-refractivity contribution in [2.75, 3.05) is 26.4 Å². The molecular formula is C14H22O7S. The summed E-state index contributed by atoms with van der Waals surface area (Å²) in [5.41, 5.74) is 0. The number of hydrogen-bond acceptors (Lipinski definition) is 5. The first kappa shape index (κ1) is 22.6. The summed E-state index contributed by atoms with van der Waals surface area (Å²) in [5, 5.41) is 8.63. The Hall–Kier alpha value is -1.71. The number of hydrogen-bond donors (Lipinski definition) is 3. The molecule has 1 aliphatic rings. The van der Waals surface area contributed by atoms with Crippen LogP contribution in [-0.2, 0) is 19.9 Å². The molecule has 0 amide bonds. The first-order chi connectivity index (χ1) is 10.3. The van der Waals surface area contributed by atoms with Gasteiger partial charge in [-0.05, 0) is 12.1 Å². The SMILES string of the molecule is C1CO1.C=CCOCC=C.O=S(=O)(O)O.Oc1ccccc1. The van der Waals surface area contributed by atoms with Crippen LogP contribution in [0.25, 0.3) is 0 Å². The largest absolute Gasteiger partial charge is 0.508 e. The lowest BCUT2D eigenvalue weighted by Crippen LogP contribution is -1.89. The van der Waals surface area contributed by atoms with Crippen LogP contribution in [0.5, 0.6) is 5.75 Å². The summed E-state index contributed by atoms with van der Waals surface area (Å²) in [6, 6.07) is 8.71. The van der Waals surface area contributed by atoms with E-state index >= 15 is 0 Å². The lowest BCUT2D eigenvalue weighted by Gasteiger charge is -1.89. The molecule has 0 bridgehead atoms. The van der Waals surface area contributed by atoms with Gasteiger partial charge in [0.15, 0.2) is 0 Å². The van der Waals surface area contributed by atoms with Crippen molar-refractivity contribution in [3.05, 3.63) is 55.6 Å². The molecular weight excluding hydrogens is 312 g/mol. The molecule has 126 valence electrons. The summed E-state index contributed by atoms with van der Waals surface area (Å²) >= 11 is 0. The molecule has 1 aliphatic heterocycles. The molecule has 22 heavy (non-hydrogen) atoms. The molecule has 0 saturated carbocycles. The number of ether oxygens (including phenoxy) is 2. The van der Waals surface area contributed by atoms with Crippen LogP contribution in [0, 0.1) is 0 Å². The van der Waals surface area contributed by atoms with E-state index in [1.54, 1.807) is 36.4 Å². The molecule has 1 aromatic carbocycles. The summed E-state index contributed by atoms with van der Waals surface area (Å²) < 4.78 is 41.0. The average molecular weight is 334 g/mol. The fraction of sp³-hybridized carbons (Fsp3) is 0.286. The first-order valence-corrected chi connectivity index (χ1v) is 7.52. The van der Waals surface area contributed by atoms with Crippen LogP contribution in [0.4, 0.5) is 0 Å². The van der Waals surface area contributed by atoms with E-state index in [0.717, 1.165) is 13.2 Å². The fourth-order valence-electron chi connectivity index (χ4n) is 0.663. The van der Waals surface area contributed by atoms with Gasteiger partial charge in [-0.1, -0.05) is 30.4 Å². The maximum absolute atomic E-state index is 8.74. The van der Waals surface area contributed by atoms with Crippen LogP contribution < -0.4 is 0 Å². The van der Waals surface area contributed by atoms with Gasteiger partial charge in [0.05, 0.1) is 26.4 Å². The van der Waals surface area contributed by atoms with Gasteiger partial charge in [-0.3, -0.25) is 9.11 Å². The molecule has 0 unspecified atom stereocenters. The normalized spacial score (nSPS) is 11.2. The van der Waals surface area contributed by atoms with Crippen LogP contribution in [0.2, 0.25) is 0 Å². The molecule has 0 radical (unpaired) electrons. The Bertz CT molecular complexity index is 450. The van der Waals surface area contributed by atoms with Crippen molar-refractivity contribution >= 4 is 10.4 Å². The van der Waals surface area contributed by atoms with Crippen LogP contribution in [0.3, 0.4) is 0 Å². The van der Waals surface area contributed by atoms with Crippen molar-refractivity contribution < 1.29 is 32.1 Å². The van der Waals surface area contributed by atoms with E-state index < -0.39 is 10.4 Å². The zero-order chi connectivity index (χ0) is 17.3. The Morgan fingerprint density at radius 1 is 1.09 bits per heavy atom. The molecule has 8 heteroatoms. The molecule has 0 aromatic heterocycles. The van der Waals surface area contributed by atoms with Crippen LogP contribution in [0.1, 0.15) is 0 Å². The Morgan fingerprint density at radius 3 is 1.64 bits per heavy atom. The van der Waals surface area contributed by atoms with Gasteiger partial charge in [0.1, 0.15) is 5.75 Å². The van der Waals surface area contributed by atoms with Crippen molar-refractivity contribution in [2.45, 2.75) is 0 Å². The second-order valence-corrected chi connectivity index (χ2v) is 4.41. The minimum atomic E-state index is -4.67. The number of epoxide rings is 1. The van der Waals surface area contributed by atoms with Crippen LogP contribution in [0.15, 0.2) is 55.6 Å². The molecule has 0 aliphatic carbocycles. The highest BCUT2D eigenvalue weighted by Gasteiger charge is 1.94. The van der Waals surface area contributed by atoms with Gasteiger partial charge in [0.25, 0.3) is 0 Å². The molecule has 1 fully saturated rings. The van der Waals surface area contributed by atoms with Crippen molar-refractivity contribution in [1.29, 1.82) is 0 Å². The highest BCUT2D eigenvalue weighted by atomic mass is 32.3. The van der Waals surface area contributed by atoms with E-state index in [1.165, 1.54) is 0 Å². The van der Waals surface area contributed by atoms with Gasteiger partial charge >= 0.3 is 10.4 Å². The van der Waals surface area contributed by atoms with Gasteiger partial charge in [0.2, 0.25) is 0 Å². The smallest absolute Gasteiger partial charge is 0.394 e. The van der Waals surface area contributed by atoms with Gasteiger partial charge in [-0.15, -0.1) is 13.2 Å². The third-order valence-electron chi connectivity index (χ3n) is 1.43. The van der Waals surface area contributed by atoms with E-state index in [2.05, 4.69) is 17.9 Å². The topological polar surface area (TPSA) is 117 Å². The summed E-state index contributed by atoms with van der Waals surface area (Å²) in [6.07, 6.45) is 3.42. The summed E-state index contributed by atoms with van der Waals surface area (Å²) in [4.78, 5) is 0. The zero-order valence-electron chi connectivity index (χ0n) is 12.2. The fourth-order valence-corrected chi connectivity index (χ4v) is 0.663. The number of phenolic OH excluding ortho intramolecular Hbond substituents is 1. The van der Waals surface area contributed by atoms with Crippen LogP contribution >= 0.6 is 0 Å². The predicted molar refractivity (Wildman–Crippen MR) is 84.3 cm³/mol. The Labute approximate surface area is 131 Å². The standard InChI is InChI=1S/C6H6O.C6H10O.C2H4O.H2O4S/c7-6-4-2-1-3-5-6;1-3-5-7-6-4-2;1-2-3-1;1-5(2,3)4/h1-5,7H;3-4H,1-2,5-6H2;1-2H2;(H2,1,2,3,4). The van der Waals surface area contributed by atoms with E-state index in [9.17, 15) is 0 Å². The van der Waals surface area contributed by atoms with Crippen molar-refractivity contribution in [2.24, 2.45) is 0 Å². The lowest BCUT2D eigenvalue weighted by molar-refractivity contribution is 0.194. The molecule has 1 heterocycles. The Balaban J connectivity index is 0. The minimum Gasteiger partial charge on any atom is -0.508 e. The predicted octanol–water partition coefficient (Wildman–Crippen LogP) is 2.13. The van der Waals surface area contributed by atoms with Crippen LogP contribution in [-0.4, -0.2) is 49.1 Å².